The Balaban J connectivity index is 1.71. The Hall–Kier alpha value is -1.19. The first kappa shape index (κ1) is 14.2. The minimum atomic E-state index is -0.528. The maximum absolute atomic E-state index is 11.7. The third-order valence-electron chi connectivity index (χ3n) is 4.01. The lowest BCUT2D eigenvalue weighted by molar-refractivity contribution is -0.125. The highest BCUT2D eigenvalue weighted by molar-refractivity contribution is 5.81. The van der Waals surface area contributed by atoms with E-state index in [-0.39, 0.29) is 6.04 Å². The van der Waals surface area contributed by atoms with Crippen LogP contribution < -0.4 is 5.32 Å². The third kappa shape index (κ3) is 3.88. The number of benzene rings is 1. The van der Waals surface area contributed by atoms with E-state index in [0.717, 1.165) is 18.4 Å². The summed E-state index contributed by atoms with van der Waals surface area (Å²) in [7, 11) is 0. The van der Waals surface area contributed by atoms with Gasteiger partial charge in [-0.3, -0.25) is 4.79 Å². The number of carbonyl (C=O) groups excluding carboxylic acids is 1. The van der Waals surface area contributed by atoms with Crippen LogP contribution in [0, 0.1) is 5.92 Å². The molecule has 1 aromatic carbocycles. The Morgan fingerprint density at radius 3 is 2.63 bits per heavy atom. The van der Waals surface area contributed by atoms with Gasteiger partial charge in [0.15, 0.2) is 0 Å². The van der Waals surface area contributed by atoms with E-state index >= 15 is 0 Å². The summed E-state index contributed by atoms with van der Waals surface area (Å²) in [6.45, 7) is 2.60. The maximum atomic E-state index is 11.7. The van der Waals surface area contributed by atoms with Crippen LogP contribution in [-0.2, 0) is 4.79 Å². The second-order valence-electron chi connectivity index (χ2n) is 5.44. The van der Waals surface area contributed by atoms with Crippen molar-refractivity contribution in [3.63, 3.8) is 0 Å². The van der Waals surface area contributed by atoms with Crippen molar-refractivity contribution >= 4 is 5.78 Å². The van der Waals surface area contributed by atoms with Gasteiger partial charge in [-0.05, 0) is 25.3 Å². The quantitative estimate of drug-likeness (QED) is 0.792. The second kappa shape index (κ2) is 6.83. The zero-order chi connectivity index (χ0) is 13.7. The SMILES string of the molecule is CC(NCCC(=O)C1CCC1)C(O)c1ccccc1. The lowest BCUT2D eigenvalue weighted by atomic mass is 9.81. The first-order valence-corrected chi connectivity index (χ1v) is 7.17. The van der Waals surface area contributed by atoms with Crippen molar-refractivity contribution in [1.82, 2.24) is 5.32 Å². The molecule has 1 aliphatic rings. The maximum Gasteiger partial charge on any atom is 0.137 e. The van der Waals surface area contributed by atoms with Crippen LogP contribution in [0.4, 0.5) is 0 Å². The number of hydrogen-bond donors (Lipinski definition) is 2. The molecule has 0 heterocycles. The number of aliphatic hydroxyl groups is 1. The van der Waals surface area contributed by atoms with Crippen LogP contribution in [0.5, 0.6) is 0 Å². The van der Waals surface area contributed by atoms with E-state index in [1.807, 2.05) is 37.3 Å². The lowest BCUT2D eigenvalue weighted by Gasteiger charge is -2.25. The smallest absolute Gasteiger partial charge is 0.137 e. The number of Topliss-reactive ketones (excluding diaryl/α,β-unsaturated/α-hetero) is 1. The fraction of sp³-hybridized carbons (Fsp3) is 0.562. The Kier molecular flexibility index (Phi) is 5.11. The van der Waals surface area contributed by atoms with Crippen LogP contribution in [0.3, 0.4) is 0 Å². The van der Waals surface area contributed by atoms with Crippen LogP contribution in [0.1, 0.15) is 44.3 Å². The summed E-state index contributed by atoms with van der Waals surface area (Å²) in [6, 6.07) is 9.57. The number of ketones is 1. The molecule has 19 heavy (non-hydrogen) atoms. The first-order chi connectivity index (χ1) is 9.18. The van der Waals surface area contributed by atoms with Crippen molar-refractivity contribution < 1.29 is 9.90 Å². The van der Waals surface area contributed by atoms with Gasteiger partial charge >= 0.3 is 0 Å². The summed E-state index contributed by atoms with van der Waals surface area (Å²) in [5.41, 5.74) is 0.910. The van der Waals surface area contributed by atoms with Crippen LogP contribution in [0.2, 0.25) is 0 Å². The molecule has 3 heteroatoms. The van der Waals surface area contributed by atoms with Gasteiger partial charge < -0.3 is 10.4 Å². The van der Waals surface area contributed by atoms with E-state index in [9.17, 15) is 9.90 Å². The largest absolute Gasteiger partial charge is 0.387 e. The van der Waals surface area contributed by atoms with E-state index in [1.165, 1.54) is 6.42 Å². The van der Waals surface area contributed by atoms with Gasteiger partial charge in [0.25, 0.3) is 0 Å². The van der Waals surface area contributed by atoms with Gasteiger partial charge in [-0.15, -0.1) is 0 Å². The molecule has 2 N–H and O–H groups in total. The molecule has 3 nitrogen and oxygen atoms in total. The van der Waals surface area contributed by atoms with Crippen LogP contribution >= 0.6 is 0 Å². The highest BCUT2D eigenvalue weighted by Gasteiger charge is 2.24. The number of hydrogen-bond acceptors (Lipinski definition) is 3. The predicted molar refractivity (Wildman–Crippen MR) is 75.8 cm³/mol. The molecule has 2 rings (SSSR count). The first-order valence-electron chi connectivity index (χ1n) is 7.17. The van der Waals surface area contributed by atoms with Gasteiger partial charge in [0.1, 0.15) is 5.78 Å². The average molecular weight is 261 g/mol. The number of aliphatic hydroxyl groups excluding tert-OH is 1. The molecule has 0 bridgehead atoms. The zero-order valence-electron chi connectivity index (χ0n) is 11.5. The summed E-state index contributed by atoms with van der Waals surface area (Å²) in [5.74, 6) is 0.691. The van der Waals surface area contributed by atoms with Gasteiger partial charge in [0, 0.05) is 24.9 Å². The minimum absolute atomic E-state index is 0.0448. The number of rotatable bonds is 7. The molecular formula is C16H23NO2. The van der Waals surface area contributed by atoms with E-state index < -0.39 is 6.10 Å². The van der Waals surface area contributed by atoms with Gasteiger partial charge in [-0.1, -0.05) is 36.8 Å². The summed E-state index contributed by atoms with van der Waals surface area (Å²) in [4.78, 5) is 11.7. The molecule has 2 atom stereocenters. The van der Waals surface area contributed by atoms with E-state index in [1.54, 1.807) is 0 Å². The molecule has 104 valence electrons. The Morgan fingerprint density at radius 2 is 2.05 bits per heavy atom. The third-order valence-corrected chi connectivity index (χ3v) is 4.01. The van der Waals surface area contributed by atoms with Crippen molar-refractivity contribution in [2.24, 2.45) is 5.92 Å². The summed E-state index contributed by atoms with van der Waals surface area (Å²) < 4.78 is 0. The van der Waals surface area contributed by atoms with E-state index in [0.29, 0.717) is 24.7 Å². The normalized spacial score (nSPS) is 18.6. The fourth-order valence-corrected chi connectivity index (χ4v) is 2.41. The summed E-state index contributed by atoms with van der Waals surface area (Å²) in [5, 5.41) is 13.4. The topological polar surface area (TPSA) is 49.3 Å². The molecule has 2 unspecified atom stereocenters. The van der Waals surface area contributed by atoms with E-state index in [2.05, 4.69) is 5.32 Å². The van der Waals surface area contributed by atoms with Crippen molar-refractivity contribution in [2.75, 3.05) is 6.54 Å². The number of carbonyl (C=O) groups is 1. The average Bonchev–Trinajstić information content (AvgIpc) is 2.36. The molecule has 1 fully saturated rings. The monoisotopic (exact) mass is 261 g/mol. The van der Waals surface area contributed by atoms with Gasteiger partial charge in [0.2, 0.25) is 0 Å². The van der Waals surface area contributed by atoms with Crippen molar-refractivity contribution in [3.8, 4) is 0 Å². The molecule has 0 radical (unpaired) electrons. The molecule has 0 spiro atoms. The Bertz CT molecular complexity index is 400. The molecule has 1 aliphatic carbocycles. The fourth-order valence-electron chi connectivity index (χ4n) is 2.41. The summed E-state index contributed by atoms with van der Waals surface area (Å²) >= 11 is 0. The highest BCUT2D eigenvalue weighted by Crippen LogP contribution is 2.27. The molecule has 0 aromatic heterocycles. The van der Waals surface area contributed by atoms with Crippen molar-refractivity contribution in [3.05, 3.63) is 35.9 Å². The van der Waals surface area contributed by atoms with Gasteiger partial charge in [0.05, 0.1) is 6.10 Å². The van der Waals surface area contributed by atoms with Crippen molar-refractivity contribution in [1.29, 1.82) is 0 Å². The molecule has 1 aromatic rings. The molecule has 1 saturated carbocycles. The molecule has 0 saturated heterocycles. The predicted octanol–water partition coefficient (Wildman–Crippen LogP) is 2.46. The van der Waals surface area contributed by atoms with Crippen LogP contribution in [0.15, 0.2) is 30.3 Å². The molecular weight excluding hydrogens is 238 g/mol. The van der Waals surface area contributed by atoms with E-state index in [4.69, 9.17) is 0 Å². The Morgan fingerprint density at radius 1 is 1.37 bits per heavy atom. The summed E-state index contributed by atoms with van der Waals surface area (Å²) in [6.07, 6.45) is 3.39. The number of nitrogens with one attached hydrogen (secondary N) is 1. The highest BCUT2D eigenvalue weighted by atomic mass is 16.3. The van der Waals surface area contributed by atoms with Gasteiger partial charge in [-0.2, -0.15) is 0 Å². The van der Waals surface area contributed by atoms with Crippen molar-refractivity contribution in [2.45, 2.75) is 44.8 Å². The second-order valence-corrected chi connectivity index (χ2v) is 5.44. The van der Waals surface area contributed by atoms with Crippen LogP contribution in [0.25, 0.3) is 0 Å². The minimum Gasteiger partial charge on any atom is -0.387 e. The van der Waals surface area contributed by atoms with Crippen LogP contribution in [-0.4, -0.2) is 23.5 Å². The standard InChI is InChI=1S/C16H23NO2/c1-12(16(19)14-6-3-2-4-7-14)17-11-10-15(18)13-8-5-9-13/h2-4,6-7,12-13,16-17,19H,5,8-11H2,1H3. The molecule has 0 aliphatic heterocycles. The Labute approximate surface area is 115 Å². The zero-order valence-corrected chi connectivity index (χ0v) is 11.5. The molecule has 0 amide bonds. The van der Waals surface area contributed by atoms with Gasteiger partial charge in [-0.25, -0.2) is 0 Å². The lowest BCUT2D eigenvalue weighted by Crippen LogP contribution is -2.35.